The van der Waals surface area contributed by atoms with Gasteiger partial charge < -0.3 is 24.3 Å². The number of benzene rings is 2. The Balaban J connectivity index is 1.49. The summed E-state index contributed by atoms with van der Waals surface area (Å²) in [5, 5.41) is 6.20. The van der Waals surface area contributed by atoms with Crippen molar-refractivity contribution in [2.24, 2.45) is 0 Å². The second-order valence-corrected chi connectivity index (χ2v) is 13.6. The molecule has 1 atom stereocenters. The number of carboxylic acid groups (broad SMARTS) is 1. The lowest BCUT2D eigenvalue weighted by atomic mass is 10.1. The van der Waals surface area contributed by atoms with Gasteiger partial charge in [0, 0.05) is 35.3 Å². The second-order valence-electron chi connectivity index (χ2n) is 9.88. The molecule has 1 fully saturated rings. The summed E-state index contributed by atoms with van der Waals surface area (Å²) in [6, 6.07) is 11.9. The minimum Gasteiger partial charge on any atom is -0.530 e. The standard InChI is InChI=1S/C28H26ClF2N3O7S2/c1-16(19-5-3-4-6-20(19)29)41-23-14-24(42-25(23)26(35)40-2)34-15-32-21-8-7-17(13-22(21)34)28(30,31)43(38,39)18-9-11-33(12-10-18)27(36)37/h3-8,13-16,18H,9-12H2,1-2H3,(H,36,37)/p-1/t16-/m1/s1. The number of alkyl halides is 2. The van der Waals surface area contributed by atoms with E-state index in [0.717, 1.165) is 28.4 Å². The van der Waals surface area contributed by atoms with Gasteiger partial charge in [-0.25, -0.2) is 18.2 Å². The Hall–Kier alpha value is -3.75. The van der Waals surface area contributed by atoms with E-state index >= 15 is 8.78 Å². The molecule has 0 spiro atoms. The van der Waals surface area contributed by atoms with Crippen molar-refractivity contribution in [3.63, 3.8) is 0 Å². The number of nitrogens with zero attached hydrogens (tertiary/aromatic N) is 3. The van der Waals surface area contributed by atoms with E-state index in [1.165, 1.54) is 30.1 Å². The Morgan fingerprint density at radius 2 is 1.86 bits per heavy atom. The van der Waals surface area contributed by atoms with E-state index in [-0.39, 0.29) is 42.1 Å². The highest BCUT2D eigenvalue weighted by Crippen LogP contribution is 2.42. The minimum atomic E-state index is -5.05. The highest BCUT2D eigenvalue weighted by Gasteiger charge is 2.51. The Bertz CT molecular complexity index is 1800. The Morgan fingerprint density at radius 3 is 2.51 bits per heavy atom. The zero-order valence-electron chi connectivity index (χ0n) is 22.8. The van der Waals surface area contributed by atoms with E-state index < -0.39 is 44.1 Å². The molecule has 5 rings (SSSR count). The van der Waals surface area contributed by atoms with E-state index in [0.29, 0.717) is 21.1 Å². The van der Waals surface area contributed by atoms with Crippen LogP contribution in [0.4, 0.5) is 13.6 Å². The number of thiophene rings is 1. The first-order valence-electron chi connectivity index (χ1n) is 13.0. The van der Waals surface area contributed by atoms with Gasteiger partial charge in [0.15, 0.2) is 4.88 Å². The molecule has 1 amide bonds. The van der Waals surface area contributed by atoms with Crippen molar-refractivity contribution in [3.8, 4) is 10.8 Å². The Morgan fingerprint density at radius 1 is 1.16 bits per heavy atom. The van der Waals surface area contributed by atoms with Crippen molar-refractivity contribution in [2.75, 3.05) is 20.2 Å². The van der Waals surface area contributed by atoms with E-state index in [1.807, 2.05) is 0 Å². The van der Waals surface area contributed by atoms with E-state index in [4.69, 9.17) is 21.1 Å². The number of esters is 1. The number of fused-ring (bicyclic) bond motifs is 1. The molecule has 3 heterocycles. The first-order chi connectivity index (χ1) is 20.3. The van der Waals surface area contributed by atoms with Crippen LogP contribution in [0.5, 0.6) is 5.75 Å². The number of methoxy groups -OCH3 is 1. The second kappa shape index (κ2) is 11.7. The number of imidazole rings is 1. The number of rotatable bonds is 8. The molecule has 0 saturated carbocycles. The number of amides is 1. The van der Waals surface area contributed by atoms with Crippen molar-refractivity contribution in [1.29, 1.82) is 0 Å². The van der Waals surface area contributed by atoms with E-state index in [9.17, 15) is 23.1 Å². The summed E-state index contributed by atoms with van der Waals surface area (Å²) in [6.45, 7) is 1.33. The molecule has 43 heavy (non-hydrogen) atoms. The summed E-state index contributed by atoms with van der Waals surface area (Å²) in [4.78, 5) is 28.9. The Labute approximate surface area is 254 Å². The van der Waals surface area contributed by atoms with Crippen LogP contribution in [-0.4, -0.2) is 60.4 Å². The molecule has 0 radical (unpaired) electrons. The third kappa shape index (κ3) is 5.66. The lowest BCUT2D eigenvalue weighted by molar-refractivity contribution is -0.266. The molecule has 10 nitrogen and oxygen atoms in total. The number of ether oxygens (including phenoxy) is 2. The van der Waals surface area contributed by atoms with Crippen LogP contribution in [0.25, 0.3) is 16.0 Å². The SMILES string of the molecule is COC(=O)c1sc(-n2cnc3ccc(C(F)(F)S(=O)(=O)C4CCN(C(=O)[O-])CC4)cc32)cc1O[C@H](C)c1ccccc1Cl. The molecular formula is C28H25ClF2N3O7S2-. The van der Waals surface area contributed by atoms with Crippen molar-refractivity contribution in [3.05, 3.63) is 75.9 Å². The van der Waals surface area contributed by atoms with E-state index in [1.54, 1.807) is 31.2 Å². The van der Waals surface area contributed by atoms with Gasteiger partial charge in [0.25, 0.3) is 0 Å². The van der Waals surface area contributed by atoms with Gasteiger partial charge in [-0.3, -0.25) is 4.57 Å². The topological polar surface area (TPSA) is 131 Å². The van der Waals surface area contributed by atoms with Gasteiger partial charge in [-0.05, 0) is 44.0 Å². The monoisotopic (exact) mass is 652 g/mol. The largest absolute Gasteiger partial charge is 0.530 e. The molecular weight excluding hydrogens is 628 g/mol. The van der Waals surface area contributed by atoms with Crippen LogP contribution >= 0.6 is 22.9 Å². The lowest BCUT2D eigenvalue weighted by Crippen LogP contribution is -2.49. The number of aromatic nitrogens is 2. The Kier molecular flexibility index (Phi) is 8.38. The number of likely N-dealkylation sites (tertiary alicyclic amines) is 1. The summed E-state index contributed by atoms with van der Waals surface area (Å²) >= 11 is 7.28. The fourth-order valence-corrected chi connectivity index (χ4v) is 7.94. The van der Waals surface area contributed by atoms with Gasteiger partial charge in [-0.1, -0.05) is 29.8 Å². The number of hydrogen-bond donors (Lipinski definition) is 0. The maximum absolute atomic E-state index is 15.7. The van der Waals surface area contributed by atoms with Crippen LogP contribution in [0.15, 0.2) is 54.9 Å². The molecule has 2 aromatic heterocycles. The summed E-state index contributed by atoms with van der Waals surface area (Å²) in [7, 11) is -3.83. The molecule has 0 bridgehead atoms. The smallest absolute Gasteiger partial charge is 0.371 e. The van der Waals surface area contributed by atoms with Crippen molar-refractivity contribution in [2.45, 2.75) is 36.4 Å². The van der Waals surface area contributed by atoms with Crippen LogP contribution in [-0.2, 0) is 19.8 Å². The molecule has 0 N–H and O–H groups in total. The third-order valence-electron chi connectivity index (χ3n) is 7.32. The maximum Gasteiger partial charge on any atom is 0.371 e. The highest BCUT2D eigenvalue weighted by molar-refractivity contribution is 7.92. The highest BCUT2D eigenvalue weighted by atomic mass is 35.5. The van der Waals surface area contributed by atoms with Gasteiger partial charge in [-0.15, -0.1) is 11.3 Å². The van der Waals surface area contributed by atoms with Crippen LogP contribution in [0.2, 0.25) is 5.02 Å². The van der Waals surface area contributed by atoms with Crippen molar-refractivity contribution < 1.29 is 41.4 Å². The third-order valence-corrected chi connectivity index (χ3v) is 11.1. The van der Waals surface area contributed by atoms with Gasteiger partial charge in [-0.2, -0.15) is 8.78 Å². The molecule has 4 aromatic rings. The van der Waals surface area contributed by atoms with Crippen molar-refractivity contribution in [1.82, 2.24) is 14.5 Å². The predicted molar refractivity (Wildman–Crippen MR) is 154 cm³/mol. The molecule has 1 aliphatic rings. The minimum absolute atomic E-state index is 0.116. The first-order valence-corrected chi connectivity index (χ1v) is 15.8. The van der Waals surface area contributed by atoms with Crippen LogP contribution in [0.3, 0.4) is 0 Å². The van der Waals surface area contributed by atoms with Crippen molar-refractivity contribution >= 4 is 55.9 Å². The number of carbonyl (C=O) groups excluding carboxylic acids is 2. The number of sulfone groups is 1. The summed E-state index contributed by atoms with van der Waals surface area (Å²) in [6.07, 6.45) is -1.21. The van der Waals surface area contributed by atoms with Gasteiger partial charge in [0.05, 0.1) is 23.4 Å². The molecule has 2 aromatic carbocycles. The zero-order valence-corrected chi connectivity index (χ0v) is 25.2. The molecule has 1 saturated heterocycles. The van der Waals surface area contributed by atoms with Gasteiger partial charge >= 0.3 is 11.2 Å². The quantitative estimate of drug-likeness (QED) is 0.245. The van der Waals surface area contributed by atoms with Gasteiger partial charge in [0.2, 0.25) is 9.84 Å². The number of carbonyl (C=O) groups is 2. The zero-order chi connectivity index (χ0) is 31.1. The van der Waals surface area contributed by atoms with Crippen LogP contribution in [0, 0.1) is 0 Å². The number of hydrogen-bond acceptors (Lipinski definition) is 9. The summed E-state index contributed by atoms with van der Waals surface area (Å²) in [5.74, 6) is -0.502. The fraction of sp³-hybridized carbons (Fsp3) is 0.321. The lowest BCUT2D eigenvalue weighted by Gasteiger charge is -2.34. The molecule has 15 heteroatoms. The average molecular weight is 653 g/mol. The van der Waals surface area contributed by atoms with Crippen LogP contribution < -0.4 is 9.84 Å². The maximum atomic E-state index is 15.7. The summed E-state index contributed by atoms with van der Waals surface area (Å²) < 4.78 is 69.9. The normalized spacial score (nSPS) is 15.4. The number of piperidine rings is 1. The van der Waals surface area contributed by atoms with Crippen LogP contribution in [0.1, 0.15) is 46.7 Å². The van der Waals surface area contributed by atoms with Gasteiger partial charge in [0.1, 0.15) is 29.3 Å². The molecule has 1 aliphatic heterocycles. The molecule has 228 valence electrons. The number of halogens is 3. The fourth-order valence-electron chi connectivity index (χ4n) is 4.95. The average Bonchev–Trinajstić information content (AvgIpc) is 3.60. The van der Waals surface area contributed by atoms with E-state index in [2.05, 4.69) is 4.98 Å². The first kappa shape index (κ1) is 30.7. The molecule has 0 unspecified atom stereocenters. The predicted octanol–water partition coefficient (Wildman–Crippen LogP) is 4.94. The summed E-state index contributed by atoms with van der Waals surface area (Å²) in [5.41, 5.74) is 0.387. The molecule has 0 aliphatic carbocycles.